The van der Waals surface area contributed by atoms with Crippen molar-refractivity contribution in [1.82, 2.24) is 4.98 Å². The maximum absolute atomic E-state index is 10.7. The molecule has 0 spiro atoms. The van der Waals surface area contributed by atoms with Gasteiger partial charge >= 0.3 is 5.97 Å². The Bertz CT molecular complexity index is 580. The van der Waals surface area contributed by atoms with Crippen LogP contribution in [0, 0.1) is 0 Å². The van der Waals surface area contributed by atoms with Gasteiger partial charge in [0.25, 0.3) is 0 Å². The normalized spacial score (nSPS) is 12.9. The first-order chi connectivity index (χ1) is 7.99. The standard InChI is InChI=1S/C11H10Br2N2O2/c12-7-2-6-5(1-9(14)11(16)17)4-15-10(6)3-8(7)13/h2-4,9,15H,1,14H2,(H,16,17)/t9-/m0/s1. The van der Waals surface area contributed by atoms with Crippen LogP contribution in [-0.2, 0) is 11.2 Å². The van der Waals surface area contributed by atoms with Crippen molar-refractivity contribution < 1.29 is 9.90 Å². The molecule has 0 saturated heterocycles. The van der Waals surface area contributed by atoms with Gasteiger partial charge in [0.2, 0.25) is 0 Å². The van der Waals surface area contributed by atoms with Crippen molar-refractivity contribution in [2.45, 2.75) is 12.5 Å². The summed E-state index contributed by atoms with van der Waals surface area (Å²) in [5, 5.41) is 9.78. The van der Waals surface area contributed by atoms with Gasteiger partial charge in [0.1, 0.15) is 6.04 Å². The van der Waals surface area contributed by atoms with E-state index in [1.807, 2.05) is 12.1 Å². The summed E-state index contributed by atoms with van der Waals surface area (Å²) in [5.74, 6) is -0.990. The fraction of sp³-hybridized carbons (Fsp3) is 0.182. The number of halogens is 2. The van der Waals surface area contributed by atoms with Crippen molar-refractivity contribution in [2.75, 3.05) is 0 Å². The summed E-state index contributed by atoms with van der Waals surface area (Å²) in [5.41, 5.74) is 7.39. The fourth-order valence-corrected chi connectivity index (χ4v) is 2.35. The van der Waals surface area contributed by atoms with Crippen LogP contribution in [0.15, 0.2) is 27.3 Å². The van der Waals surface area contributed by atoms with Gasteiger partial charge in [0.05, 0.1) is 0 Å². The largest absolute Gasteiger partial charge is 0.480 e. The number of hydrogen-bond donors (Lipinski definition) is 3. The highest BCUT2D eigenvalue weighted by atomic mass is 79.9. The third-order valence-electron chi connectivity index (χ3n) is 2.57. The van der Waals surface area contributed by atoms with Gasteiger partial charge in [0.15, 0.2) is 0 Å². The number of H-pyrrole nitrogens is 1. The van der Waals surface area contributed by atoms with E-state index in [9.17, 15) is 4.79 Å². The molecule has 0 amide bonds. The van der Waals surface area contributed by atoms with Gasteiger partial charge < -0.3 is 15.8 Å². The number of rotatable bonds is 3. The third-order valence-corrected chi connectivity index (χ3v) is 4.41. The molecule has 2 aromatic rings. The van der Waals surface area contributed by atoms with Gasteiger partial charge in [-0.15, -0.1) is 0 Å². The summed E-state index contributed by atoms with van der Waals surface area (Å²) in [6.07, 6.45) is 2.11. The van der Waals surface area contributed by atoms with Crippen LogP contribution in [0.5, 0.6) is 0 Å². The van der Waals surface area contributed by atoms with E-state index in [2.05, 4.69) is 36.8 Å². The van der Waals surface area contributed by atoms with E-state index in [4.69, 9.17) is 10.8 Å². The molecule has 1 aromatic heterocycles. The lowest BCUT2D eigenvalue weighted by atomic mass is 10.1. The van der Waals surface area contributed by atoms with Crippen LogP contribution in [0.2, 0.25) is 0 Å². The fourth-order valence-electron chi connectivity index (χ4n) is 1.67. The molecule has 0 radical (unpaired) electrons. The van der Waals surface area contributed by atoms with Crippen molar-refractivity contribution in [3.8, 4) is 0 Å². The van der Waals surface area contributed by atoms with E-state index in [0.717, 1.165) is 25.4 Å². The van der Waals surface area contributed by atoms with Crippen molar-refractivity contribution in [3.05, 3.63) is 32.8 Å². The van der Waals surface area contributed by atoms with Crippen molar-refractivity contribution in [1.29, 1.82) is 0 Å². The van der Waals surface area contributed by atoms with E-state index < -0.39 is 12.0 Å². The Kier molecular flexibility index (Phi) is 3.56. The van der Waals surface area contributed by atoms with Gasteiger partial charge in [-0.05, 0) is 49.6 Å². The zero-order valence-electron chi connectivity index (χ0n) is 8.71. The number of carboxylic acid groups (broad SMARTS) is 1. The van der Waals surface area contributed by atoms with Crippen LogP contribution in [0.4, 0.5) is 0 Å². The highest BCUT2D eigenvalue weighted by molar-refractivity contribution is 9.13. The van der Waals surface area contributed by atoms with Gasteiger partial charge in [-0.25, -0.2) is 0 Å². The molecule has 0 aliphatic carbocycles. The quantitative estimate of drug-likeness (QED) is 0.786. The number of nitrogens with two attached hydrogens (primary N) is 1. The summed E-state index contributed by atoms with van der Waals surface area (Å²) in [6, 6.07) is 3.01. The number of nitrogens with one attached hydrogen (secondary N) is 1. The van der Waals surface area contributed by atoms with E-state index >= 15 is 0 Å². The lowest BCUT2D eigenvalue weighted by Crippen LogP contribution is -2.32. The smallest absolute Gasteiger partial charge is 0.320 e. The number of fused-ring (bicyclic) bond motifs is 1. The SMILES string of the molecule is N[C@@H](Cc1c[nH]c2cc(Br)c(Br)cc12)C(=O)O. The van der Waals surface area contributed by atoms with E-state index in [0.29, 0.717) is 6.42 Å². The lowest BCUT2D eigenvalue weighted by Gasteiger charge is -2.05. The summed E-state index contributed by atoms with van der Waals surface area (Å²) in [6.45, 7) is 0. The Morgan fingerprint density at radius 2 is 2.06 bits per heavy atom. The Balaban J connectivity index is 2.42. The molecule has 1 aromatic carbocycles. The van der Waals surface area contributed by atoms with Crippen molar-refractivity contribution in [2.24, 2.45) is 5.73 Å². The predicted octanol–water partition coefficient (Wildman–Crippen LogP) is 2.65. The highest BCUT2D eigenvalue weighted by Gasteiger charge is 2.15. The van der Waals surface area contributed by atoms with Gasteiger partial charge in [-0.3, -0.25) is 4.79 Å². The van der Waals surface area contributed by atoms with Crippen LogP contribution in [0.1, 0.15) is 5.56 Å². The topological polar surface area (TPSA) is 79.1 Å². The second kappa shape index (κ2) is 4.80. The lowest BCUT2D eigenvalue weighted by molar-refractivity contribution is -0.138. The summed E-state index contributed by atoms with van der Waals surface area (Å²) >= 11 is 6.84. The minimum atomic E-state index is -0.990. The average molecular weight is 362 g/mol. The van der Waals surface area contributed by atoms with Crippen molar-refractivity contribution in [3.63, 3.8) is 0 Å². The van der Waals surface area contributed by atoms with E-state index in [-0.39, 0.29) is 0 Å². The molecule has 6 heteroatoms. The summed E-state index contributed by atoms with van der Waals surface area (Å²) < 4.78 is 1.87. The molecule has 1 atom stereocenters. The van der Waals surface area contributed by atoms with Gasteiger partial charge in [-0.1, -0.05) is 0 Å². The minimum absolute atomic E-state index is 0.309. The number of aliphatic carboxylic acids is 1. The van der Waals surface area contributed by atoms with Crippen LogP contribution in [0.25, 0.3) is 10.9 Å². The number of carboxylic acids is 1. The Morgan fingerprint density at radius 3 is 2.71 bits per heavy atom. The molecule has 0 aliphatic rings. The zero-order valence-corrected chi connectivity index (χ0v) is 11.9. The Morgan fingerprint density at radius 1 is 1.41 bits per heavy atom. The first kappa shape index (κ1) is 12.6. The molecular formula is C11H10Br2N2O2. The molecule has 0 bridgehead atoms. The number of aromatic nitrogens is 1. The number of hydrogen-bond acceptors (Lipinski definition) is 2. The number of benzene rings is 1. The Labute approximate surface area is 114 Å². The first-order valence-corrected chi connectivity index (χ1v) is 6.51. The molecule has 17 heavy (non-hydrogen) atoms. The minimum Gasteiger partial charge on any atom is -0.480 e. The molecular weight excluding hydrogens is 352 g/mol. The van der Waals surface area contributed by atoms with E-state index in [1.165, 1.54) is 0 Å². The van der Waals surface area contributed by atoms with Crippen LogP contribution in [-0.4, -0.2) is 22.1 Å². The zero-order chi connectivity index (χ0) is 12.6. The molecule has 90 valence electrons. The molecule has 2 rings (SSSR count). The first-order valence-electron chi connectivity index (χ1n) is 4.92. The van der Waals surface area contributed by atoms with Crippen LogP contribution in [0.3, 0.4) is 0 Å². The van der Waals surface area contributed by atoms with Gasteiger partial charge in [0, 0.05) is 32.5 Å². The average Bonchev–Trinajstić information content (AvgIpc) is 2.62. The monoisotopic (exact) mass is 360 g/mol. The summed E-state index contributed by atoms with van der Waals surface area (Å²) in [7, 11) is 0. The number of carbonyl (C=O) groups is 1. The molecule has 4 nitrogen and oxygen atoms in total. The second-order valence-corrected chi connectivity index (χ2v) is 5.48. The second-order valence-electron chi connectivity index (χ2n) is 3.77. The van der Waals surface area contributed by atoms with E-state index in [1.54, 1.807) is 6.20 Å². The van der Waals surface area contributed by atoms with Crippen molar-refractivity contribution >= 4 is 48.7 Å². The molecule has 0 unspecified atom stereocenters. The van der Waals surface area contributed by atoms with Gasteiger partial charge in [-0.2, -0.15) is 0 Å². The molecule has 0 fully saturated rings. The maximum atomic E-state index is 10.7. The molecule has 4 N–H and O–H groups in total. The Hall–Kier alpha value is -0.850. The van der Waals surface area contributed by atoms with Crippen LogP contribution >= 0.6 is 31.9 Å². The molecule has 0 saturated carbocycles. The molecule has 0 aliphatic heterocycles. The molecule has 1 heterocycles. The maximum Gasteiger partial charge on any atom is 0.320 e. The summed E-state index contributed by atoms with van der Waals surface area (Å²) in [4.78, 5) is 13.8. The number of aromatic amines is 1. The third kappa shape index (κ3) is 2.53. The van der Waals surface area contributed by atoms with Crippen LogP contribution < -0.4 is 5.73 Å². The predicted molar refractivity (Wildman–Crippen MR) is 73.0 cm³/mol. The highest BCUT2D eigenvalue weighted by Crippen LogP contribution is 2.30.